The van der Waals surface area contributed by atoms with E-state index >= 15 is 0 Å². The van der Waals surface area contributed by atoms with Crippen LogP contribution in [0.3, 0.4) is 0 Å². The van der Waals surface area contributed by atoms with Crippen molar-refractivity contribution in [3.05, 3.63) is 16.5 Å². The molecule has 1 aromatic heterocycles. The quantitative estimate of drug-likeness (QED) is 0.792. The minimum Gasteiger partial charge on any atom is -0.369 e. The number of anilines is 1. The first-order valence-electron chi connectivity index (χ1n) is 6.81. The SMILES string of the molecule is CCCc1nc(Cl)c(C)c(NCC(C)(C)C(=O)NC)n1. The van der Waals surface area contributed by atoms with Crippen molar-refractivity contribution in [3.8, 4) is 0 Å². The zero-order valence-corrected chi connectivity index (χ0v) is 13.6. The van der Waals surface area contributed by atoms with E-state index in [1.165, 1.54) is 0 Å². The molecular formula is C14H23ClN4O. The van der Waals surface area contributed by atoms with Crippen molar-refractivity contribution in [2.75, 3.05) is 18.9 Å². The van der Waals surface area contributed by atoms with Crippen LogP contribution in [0.5, 0.6) is 0 Å². The van der Waals surface area contributed by atoms with Gasteiger partial charge in [-0.15, -0.1) is 0 Å². The largest absolute Gasteiger partial charge is 0.369 e. The Labute approximate surface area is 125 Å². The van der Waals surface area contributed by atoms with Crippen molar-refractivity contribution in [1.29, 1.82) is 0 Å². The molecule has 2 N–H and O–H groups in total. The molecule has 6 heteroatoms. The van der Waals surface area contributed by atoms with Crippen LogP contribution in [0.2, 0.25) is 5.15 Å². The third-order valence-corrected chi connectivity index (χ3v) is 3.51. The molecule has 112 valence electrons. The molecule has 0 unspecified atom stereocenters. The van der Waals surface area contributed by atoms with E-state index in [1.807, 2.05) is 20.8 Å². The van der Waals surface area contributed by atoms with Gasteiger partial charge in [-0.05, 0) is 27.2 Å². The maximum atomic E-state index is 11.8. The minimum absolute atomic E-state index is 0.0170. The lowest BCUT2D eigenvalue weighted by Crippen LogP contribution is -2.39. The van der Waals surface area contributed by atoms with Gasteiger partial charge >= 0.3 is 0 Å². The fraction of sp³-hybridized carbons (Fsp3) is 0.643. The molecule has 0 bridgehead atoms. The molecular weight excluding hydrogens is 276 g/mol. The van der Waals surface area contributed by atoms with Crippen LogP contribution in [-0.2, 0) is 11.2 Å². The first kappa shape index (κ1) is 16.7. The molecule has 1 amide bonds. The van der Waals surface area contributed by atoms with Gasteiger partial charge in [-0.3, -0.25) is 4.79 Å². The van der Waals surface area contributed by atoms with Crippen molar-refractivity contribution in [1.82, 2.24) is 15.3 Å². The number of nitrogens with zero attached hydrogens (tertiary/aromatic N) is 2. The number of amides is 1. The van der Waals surface area contributed by atoms with Crippen molar-refractivity contribution in [2.24, 2.45) is 5.41 Å². The summed E-state index contributed by atoms with van der Waals surface area (Å²) >= 11 is 6.12. The molecule has 0 aliphatic heterocycles. The Bertz CT molecular complexity index is 488. The summed E-state index contributed by atoms with van der Waals surface area (Å²) in [7, 11) is 1.64. The summed E-state index contributed by atoms with van der Waals surface area (Å²) in [5.74, 6) is 1.41. The van der Waals surface area contributed by atoms with Gasteiger partial charge < -0.3 is 10.6 Å². The zero-order chi connectivity index (χ0) is 15.3. The minimum atomic E-state index is -0.524. The topological polar surface area (TPSA) is 66.9 Å². The van der Waals surface area contributed by atoms with Crippen LogP contribution < -0.4 is 10.6 Å². The first-order valence-corrected chi connectivity index (χ1v) is 7.18. The molecule has 20 heavy (non-hydrogen) atoms. The van der Waals surface area contributed by atoms with Crippen LogP contribution in [0.1, 0.15) is 38.6 Å². The first-order chi connectivity index (χ1) is 9.31. The lowest BCUT2D eigenvalue weighted by molar-refractivity contribution is -0.128. The predicted octanol–water partition coefficient (Wildman–Crippen LogP) is 2.58. The monoisotopic (exact) mass is 298 g/mol. The normalized spacial score (nSPS) is 11.3. The van der Waals surface area contributed by atoms with Crippen molar-refractivity contribution < 1.29 is 4.79 Å². The second kappa shape index (κ2) is 6.88. The summed E-state index contributed by atoms with van der Waals surface area (Å²) in [6.45, 7) is 8.17. The van der Waals surface area contributed by atoms with Gasteiger partial charge in [0.05, 0.1) is 5.41 Å². The molecule has 0 fully saturated rings. The molecule has 1 heterocycles. The number of halogens is 1. The molecule has 0 aliphatic rings. The Morgan fingerprint density at radius 1 is 1.35 bits per heavy atom. The molecule has 0 spiro atoms. The number of hydrogen-bond acceptors (Lipinski definition) is 4. The molecule has 0 aliphatic carbocycles. The lowest BCUT2D eigenvalue weighted by Gasteiger charge is -2.23. The summed E-state index contributed by atoms with van der Waals surface area (Å²) in [5.41, 5.74) is 0.281. The van der Waals surface area contributed by atoms with Gasteiger partial charge in [0, 0.05) is 25.6 Å². The lowest BCUT2D eigenvalue weighted by atomic mass is 9.92. The second-order valence-electron chi connectivity index (χ2n) is 5.47. The van der Waals surface area contributed by atoms with E-state index < -0.39 is 5.41 Å². The number of carbonyl (C=O) groups excluding carboxylic acids is 1. The summed E-state index contributed by atoms with van der Waals surface area (Å²) in [4.78, 5) is 20.5. The van der Waals surface area contributed by atoms with E-state index in [4.69, 9.17) is 11.6 Å². The Kier molecular flexibility index (Phi) is 5.74. The van der Waals surface area contributed by atoms with E-state index in [1.54, 1.807) is 7.05 Å². The zero-order valence-electron chi connectivity index (χ0n) is 12.8. The van der Waals surface area contributed by atoms with E-state index in [0.717, 1.165) is 24.2 Å². The van der Waals surface area contributed by atoms with Crippen molar-refractivity contribution >= 4 is 23.3 Å². The fourth-order valence-electron chi connectivity index (χ4n) is 1.76. The smallest absolute Gasteiger partial charge is 0.227 e. The number of aromatic nitrogens is 2. The van der Waals surface area contributed by atoms with Gasteiger partial charge in [0.1, 0.15) is 16.8 Å². The third kappa shape index (κ3) is 4.07. The molecule has 0 saturated carbocycles. The maximum absolute atomic E-state index is 11.8. The molecule has 1 rings (SSSR count). The maximum Gasteiger partial charge on any atom is 0.227 e. The van der Waals surface area contributed by atoms with Crippen LogP contribution in [-0.4, -0.2) is 29.5 Å². The molecule has 0 radical (unpaired) electrons. The average molecular weight is 299 g/mol. The van der Waals surface area contributed by atoms with Crippen molar-refractivity contribution in [3.63, 3.8) is 0 Å². The average Bonchev–Trinajstić information content (AvgIpc) is 2.40. The fourth-order valence-corrected chi connectivity index (χ4v) is 1.95. The van der Waals surface area contributed by atoms with Gasteiger partial charge in [-0.25, -0.2) is 9.97 Å². The van der Waals surface area contributed by atoms with Crippen LogP contribution in [0.25, 0.3) is 0 Å². The highest BCUT2D eigenvalue weighted by Gasteiger charge is 2.26. The van der Waals surface area contributed by atoms with Crippen molar-refractivity contribution in [2.45, 2.75) is 40.5 Å². The van der Waals surface area contributed by atoms with E-state index in [2.05, 4.69) is 27.5 Å². The Morgan fingerprint density at radius 2 is 2.00 bits per heavy atom. The number of nitrogens with one attached hydrogen (secondary N) is 2. The van der Waals surface area contributed by atoms with Crippen LogP contribution in [0.15, 0.2) is 0 Å². The predicted molar refractivity (Wildman–Crippen MR) is 82.1 cm³/mol. The number of carbonyl (C=O) groups is 1. The Balaban J connectivity index is 2.89. The summed E-state index contributed by atoms with van der Waals surface area (Å²) in [6, 6.07) is 0. The Morgan fingerprint density at radius 3 is 2.55 bits per heavy atom. The summed E-state index contributed by atoms with van der Waals surface area (Å²) in [6.07, 6.45) is 1.75. The van der Waals surface area contributed by atoms with Crippen LogP contribution in [0, 0.1) is 12.3 Å². The van der Waals surface area contributed by atoms with Crippen LogP contribution in [0.4, 0.5) is 5.82 Å². The summed E-state index contributed by atoms with van der Waals surface area (Å²) < 4.78 is 0. The van der Waals surface area contributed by atoms with Gasteiger partial charge in [0.2, 0.25) is 5.91 Å². The molecule has 1 aromatic rings. The highest BCUT2D eigenvalue weighted by molar-refractivity contribution is 6.30. The van der Waals surface area contributed by atoms with E-state index in [0.29, 0.717) is 17.5 Å². The van der Waals surface area contributed by atoms with Gasteiger partial charge in [0.15, 0.2) is 0 Å². The van der Waals surface area contributed by atoms with E-state index in [-0.39, 0.29) is 5.91 Å². The second-order valence-corrected chi connectivity index (χ2v) is 5.83. The Hall–Kier alpha value is -1.36. The number of hydrogen-bond donors (Lipinski definition) is 2. The van der Waals surface area contributed by atoms with Gasteiger partial charge in [0.25, 0.3) is 0 Å². The van der Waals surface area contributed by atoms with Gasteiger partial charge in [-0.2, -0.15) is 0 Å². The van der Waals surface area contributed by atoms with Gasteiger partial charge in [-0.1, -0.05) is 18.5 Å². The number of rotatable bonds is 6. The van der Waals surface area contributed by atoms with E-state index in [9.17, 15) is 4.79 Å². The highest BCUT2D eigenvalue weighted by atomic mass is 35.5. The molecule has 5 nitrogen and oxygen atoms in total. The third-order valence-electron chi connectivity index (χ3n) is 3.15. The highest BCUT2D eigenvalue weighted by Crippen LogP contribution is 2.22. The molecule has 0 saturated heterocycles. The molecule has 0 atom stereocenters. The summed E-state index contributed by atoms with van der Waals surface area (Å²) in [5, 5.41) is 6.33. The standard InChI is InChI=1S/C14H23ClN4O/c1-6-7-10-18-11(15)9(2)12(19-10)17-8-14(3,4)13(20)16-5/h6-8H2,1-5H3,(H,16,20)(H,17,18,19). The molecule has 0 aromatic carbocycles. The van der Waals surface area contributed by atoms with Crippen LogP contribution >= 0.6 is 11.6 Å². The number of aryl methyl sites for hydroxylation is 1.